The molecule has 0 unspecified atom stereocenters. The zero-order chi connectivity index (χ0) is 24.4. The predicted molar refractivity (Wildman–Crippen MR) is 129 cm³/mol. The van der Waals surface area contributed by atoms with E-state index < -0.39 is 11.7 Å². The molecule has 2 heterocycles. The predicted octanol–water partition coefficient (Wildman–Crippen LogP) is 6.13. The first-order valence-electron chi connectivity index (χ1n) is 10.1. The number of ether oxygens (including phenoxy) is 1. The molecule has 0 fully saturated rings. The lowest BCUT2D eigenvalue weighted by atomic mass is 10.2. The second kappa shape index (κ2) is 10.0. The van der Waals surface area contributed by atoms with Gasteiger partial charge in [0, 0.05) is 16.8 Å². The number of aryl methyl sites for hydroxylation is 1. The van der Waals surface area contributed by atoms with Gasteiger partial charge in [0.05, 0.1) is 33.7 Å². The van der Waals surface area contributed by atoms with Gasteiger partial charge in [0.1, 0.15) is 5.82 Å². The SMILES string of the molecule is Cc1nn(Cc2c(F)cccc2Cl)c(C)c1NC(=O)c1ccn(COc2c(Cl)cccc2Cl)n1. The summed E-state index contributed by atoms with van der Waals surface area (Å²) in [5.41, 5.74) is 2.25. The van der Waals surface area contributed by atoms with E-state index in [9.17, 15) is 9.18 Å². The van der Waals surface area contributed by atoms with Gasteiger partial charge in [-0.3, -0.25) is 9.48 Å². The Morgan fingerprint density at radius 1 is 1.03 bits per heavy atom. The topological polar surface area (TPSA) is 74.0 Å². The Kier molecular flexibility index (Phi) is 7.11. The van der Waals surface area contributed by atoms with E-state index in [0.29, 0.717) is 43.5 Å². The maximum atomic E-state index is 14.2. The van der Waals surface area contributed by atoms with Crippen LogP contribution in [0.1, 0.15) is 27.4 Å². The number of halogens is 4. The van der Waals surface area contributed by atoms with Gasteiger partial charge < -0.3 is 10.1 Å². The van der Waals surface area contributed by atoms with Crippen LogP contribution in [0.2, 0.25) is 15.1 Å². The fraction of sp³-hybridized carbons (Fsp3) is 0.174. The molecule has 0 aliphatic carbocycles. The monoisotopic (exact) mass is 521 g/mol. The van der Waals surface area contributed by atoms with E-state index >= 15 is 0 Å². The molecule has 176 valence electrons. The number of para-hydroxylation sites is 1. The van der Waals surface area contributed by atoms with Gasteiger partial charge in [-0.05, 0) is 44.2 Å². The molecule has 2 aromatic carbocycles. The molecule has 1 amide bonds. The second-order valence-corrected chi connectivity index (χ2v) is 8.64. The Hall–Kier alpha value is -3.07. The molecule has 0 aliphatic rings. The molecule has 0 spiro atoms. The van der Waals surface area contributed by atoms with E-state index in [2.05, 4.69) is 15.5 Å². The number of benzene rings is 2. The van der Waals surface area contributed by atoms with Crippen LogP contribution in [0.25, 0.3) is 0 Å². The van der Waals surface area contributed by atoms with Crippen molar-refractivity contribution in [2.45, 2.75) is 27.1 Å². The van der Waals surface area contributed by atoms with Crippen LogP contribution in [0, 0.1) is 19.7 Å². The van der Waals surface area contributed by atoms with Gasteiger partial charge in [-0.15, -0.1) is 0 Å². The van der Waals surface area contributed by atoms with Crippen LogP contribution in [0.3, 0.4) is 0 Å². The van der Waals surface area contributed by atoms with E-state index in [1.807, 2.05) is 0 Å². The Labute approximate surface area is 210 Å². The maximum Gasteiger partial charge on any atom is 0.276 e. The highest BCUT2D eigenvalue weighted by Gasteiger charge is 2.19. The summed E-state index contributed by atoms with van der Waals surface area (Å²) in [5.74, 6) is -0.512. The third-order valence-corrected chi connectivity index (χ3v) is 6.07. The largest absolute Gasteiger partial charge is 0.468 e. The number of hydrogen-bond donors (Lipinski definition) is 1. The summed E-state index contributed by atoms with van der Waals surface area (Å²) in [4.78, 5) is 12.8. The van der Waals surface area contributed by atoms with E-state index in [-0.39, 0.29) is 19.0 Å². The van der Waals surface area contributed by atoms with Gasteiger partial charge in [-0.2, -0.15) is 10.2 Å². The summed E-state index contributed by atoms with van der Waals surface area (Å²) in [7, 11) is 0. The normalized spacial score (nSPS) is 11.0. The Morgan fingerprint density at radius 3 is 2.41 bits per heavy atom. The molecular formula is C23H19Cl3FN5O2. The number of anilines is 1. The highest BCUT2D eigenvalue weighted by molar-refractivity contribution is 6.37. The highest BCUT2D eigenvalue weighted by atomic mass is 35.5. The number of carbonyl (C=O) groups is 1. The van der Waals surface area contributed by atoms with Crippen LogP contribution in [0.5, 0.6) is 5.75 Å². The zero-order valence-corrected chi connectivity index (χ0v) is 20.4. The van der Waals surface area contributed by atoms with Gasteiger partial charge in [0.15, 0.2) is 18.2 Å². The van der Waals surface area contributed by atoms with Crippen LogP contribution in [-0.4, -0.2) is 25.5 Å². The first-order valence-corrected chi connectivity index (χ1v) is 11.3. The summed E-state index contributed by atoms with van der Waals surface area (Å²) in [5, 5.41) is 12.5. The molecule has 4 rings (SSSR count). The van der Waals surface area contributed by atoms with E-state index in [4.69, 9.17) is 39.5 Å². The van der Waals surface area contributed by atoms with Crippen molar-refractivity contribution in [3.05, 3.63) is 92.2 Å². The summed E-state index contributed by atoms with van der Waals surface area (Å²) in [6.45, 7) is 3.67. The first-order chi connectivity index (χ1) is 16.2. The van der Waals surface area contributed by atoms with E-state index in [1.165, 1.54) is 10.7 Å². The lowest BCUT2D eigenvalue weighted by Gasteiger charge is -2.09. The molecule has 7 nitrogen and oxygen atoms in total. The van der Waals surface area contributed by atoms with E-state index in [1.54, 1.807) is 61.1 Å². The first kappa shape index (κ1) is 24.1. The lowest BCUT2D eigenvalue weighted by Crippen LogP contribution is -2.15. The number of rotatable bonds is 7. The Balaban J connectivity index is 1.46. The van der Waals surface area contributed by atoms with Gasteiger partial charge in [0.25, 0.3) is 5.91 Å². The number of aromatic nitrogens is 4. The number of nitrogens with zero attached hydrogens (tertiary/aromatic N) is 4. The summed E-state index contributed by atoms with van der Waals surface area (Å²) in [6.07, 6.45) is 1.60. The molecule has 4 aromatic rings. The molecule has 0 radical (unpaired) electrons. The summed E-state index contributed by atoms with van der Waals surface area (Å²) < 4.78 is 22.9. The number of carbonyl (C=O) groups excluding carboxylic acids is 1. The minimum Gasteiger partial charge on any atom is -0.468 e. The van der Waals surface area contributed by atoms with Crippen molar-refractivity contribution >= 4 is 46.4 Å². The third-order valence-electron chi connectivity index (χ3n) is 5.12. The molecule has 11 heteroatoms. The van der Waals surface area contributed by atoms with Gasteiger partial charge in [-0.25, -0.2) is 9.07 Å². The molecule has 0 saturated heterocycles. The molecule has 34 heavy (non-hydrogen) atoms. The molecule has 0 saturated carbocycles. The average molecular weight is 523 g/mol. The summed E-state index contributed by atoms with van der Waals surface area (Å²) >= 11 is 18.3. The van der Waals surface area contributed by atoms with Crippen LogP contribution >= 0.6 is 34.8 Å². The highest BCUT2D eigenvalue weighted by Crippen LogP contribution is 2.32. The Morgan fingerprint density at radius 2 is 1.71 bits per heavy atom. The second-order valence-electron chi connectivity index (χ2n) is 7.42. The lowest BCUT2D eigenvalue weighted by molar-refractivity contribution is 0.102. The van der Waals surface area contributed by atoms with Gasteiger partial charge >= 0.3 is 0 Å². The van der Waals surface area contributed by atoms with Crippen molar-refractivity contribution in [2.75, 3.05) is 5.32 Å². The molecule has 0 bridgehead atoms. The minimum absolute atomic E-state index is 0.0100. The van der Waals surface area contributed by atoms with Crippen LogP contribution in [0.4, 0.5) is 10.1 Å². The van der Waals surface area contributed by atoms with Crippen molar-refractivity contribution in [3.63, 3.8) is 0 Å². The van der Waals surface area contributed by atoms with Crippen LogP contribution in [-0.2, 0) is 13.3 Å². The zero-order valence-electron chi connectivity index (χ0n) is 18.2. The van der Waals surface area contributed by atoms with Gasteiger partial charge in [-0.1, -0.05) is 46.9 Å². The quantitative estimate of drug-likeness (QED) is 0.317. The molecule has 1 N–H and O–H groups in total. The minimum atomic E-state index is -0.427. The molecule has 2 aromatic heterocycles. The van der Waals surface area contributed by atoms with E-state index in [0.717, 1.165) is 0 Å². The number of nitrogens with one attached hydrogen (secondary N) is 1. The van der Waals surface area contributed by atoms with Crippen molar-refractivity contribution in [1.29, 1.82) is 0 Å². The van der Waals surface area contributed by atoms with Crippen LogP contribution in [0.15, 0.2) is 48.7 Å². The van der Waals surface area contributed by atoms with Crippen molar-refractivity contribution in [1.82, 2.24) is 19.6 Å². The maximum absolute atomic E-state index is 14.2. The fourth-order valence-corrected chi connectivity index (χ4v) is 4.08. The van der Waals surface area contributed by atoms with Crippen molar-refractivity contribution in [3.8, 4) is 5.75 Å². The summed E-state index contributed by atoms with van der Waals surface area (Å²) in [6, 6.07) is 11.1. The smallest absolute Gasteiger partial charge is 0.276 e. The molecule has 0 atom stereocenters. The van der Waals surface area contributed by atoms with Crippen molar-refractivity contribution < 1.29 is 13.9 Å². The molecular weight excluding hydrogens is 504 g/mol. The van der Waals surface area contributed by atoms with Gasteiger partial charge in [0.2, 0.25) is 0 Å². The van der Waals surface area contributed by atoms with Crippen LogP contribution < -0.4 is 10.1 Å². The van der Waals surface area contributed by atoms with Crippen molar-refractivity contribution in [2.24, 2.45) is 0 Å². The third kappa shape index (κ3) is 5.04. The average Bonchev–Trinajstić information content (AvgIpc) is 3.36. The fourth-order valence-electron chi connectivity index (χ4n) is 3.35. The number of hydrogen-bond acceptors (Lipinski definition) is 4. The standard InChI is InChI=1S/C23H19Cl3FN5O2/c1-13-21(14(2)32(29-13)11-15-16(24)5-4-8-19(15)27)28-23(33)20-9-10-31(30-20)12-34-22-17(25)6-3-7-18(22)26/h3-10H,11-12H2,1-2H3,(H,28,33). The Bertz CT molecular complexity index is 1330. The molecule has 0 aliphatic heterocycles. The number of amides is 1.